The summed E-state index contributed by atoms with van der Waals surface area (Å²) < 4.78 is 36.4. The predicted molar refractivity (Wildman–Crippen MR) is 109 cm³/mol. The fourth-order valence-electron chi connectivity index (χ4n) is 3.02. The number of rotatable bonds is 15. The van der Waals surface area contributed by atoms with Gasteiger partial charge in [0.2, 0.25) is 0 Å². The highest BCUT2D eigenvalue weighted by molar-refractivity contribution is 7.85. The second kappa shape index (κ2) is 13.2. The molecule has 0 saturated carbocycles. The van der Waals surface area contributed by atoms with E-state index in [2.05, 4.69) is 32.0 Å². The predicted octanol–water partition coefficient (Wildman–Crippen LogP) is 5.59. The van der Waals surface area contributed by atoms with Crippen molar-refractivity contribution in [2.75, 3.05) is 12.4 Å². The van der Waals surface area contributed by atoms with Crippen LogP contribution in [0.25, 0.3) is 0 Å². The molecule has 26 heavy (non-hydrogen) atoms. The van der Waals surface area contributed by atoms with Gasteiger partial charge in [-0.05, 0) is 49.3 Å². The lowest BCUT2D eigenvalue weighted by Gasteiger charge is -2.13. The van der Waals surface area contributed by atoms with Crippen LogP contribution in [0.5, 0.6) is 5.75 Å². The molecule has 0 saturated heterocycles. The van der Waals surface area contributed by atoms with Crippen molar-refractivity contribution in [3.63, 3.8) is 0 Å². The highest BCUT2D eigenvalue weighted by atomic mass is 32.2. The van der Waals surface area contributed by atoms with Gasteiger partial charge in [0.05, 0.1) is 12.4 Å². The summed E-state index contributed by atoms with van der Waals surface area (Å²) in [4.78, 5) is 0. The molecule has 1 rings (SSSR count). The maximum absolute atomic E-state index is 10.8. The van der Waals surface area contributed by atoms with E-state index in [4.69, 9.17) is 9.29 Å². The zero-order valence-electron chi connectivity index (χ0n) is 16.5. The fourth-order valence-corrected chi connectivity index (χ4v) is 3.50. The van der Waals surface area contributed by atoms with E-state index in [9.17, 15) is 8.42 Å². The van der Waals surface area contributed by atoms with Gasteiger partial charge >= 0.3 is 0 Å². The molecule has 0 bridgehead atoms. The Kier molecular flexibility index (Phi) is 11.6. The molecule has 0 aliphatic carbocycles. The standard InChI is InChI=1S/C21H36O4S/c1-3-5-7-9-12-19-14-15-20(13-10-8-6-4-2)21(18-19)25-16-11-17-26(22,23)24/h14-15,18H,3-13,16-17H2,1-2H3,(H,22,23,24). The molecule has 0 aliphatic heterocycles. The average Bonchev–Trinajstić information content (AvgIpc) is 2.60. The third kappa shape index (κ3) is 10.8. The molecule has 0 heterocycles. The summed E-state index contributed by atoms with van der Waals surface area (Å²) in [5.41, 5.74) is 2.48. The van der Waals surface area contributed by atoms with Crippen LogP contribution >= 0.6 is 0 Å². The molecule has 0 amide bonds. The monoisotopic (exact) mass is 384 g/mol. The quantitative estimate of drug-likeness (QED) is 0.316. The molecule has 0 spiro atoms. The molecule has 0 unspecified atom stereocenters. The van der Waals surface area contributed by atoms with Crippen LogP contribution < -0.4 is 4.74 Å². The third-order valence-electron chi connectivity index (χ3n) is 4.55. The minimum Gasteiger partial charge on any atom is -0.493 e. The van der Waals surface area contributed by atoms with E-state index >= 15 is 0 Å². The summed E-state index contributed by atoms with van der Waals surface area (Å²) in [6.45, 7) is 4.73. The first kappa shape index (κ1) is 23.0. The molecule has 0 fully saturated rings. The molecule has 1 N–H and O–H groups in total. The van der Waals surface area contributed by atoms with Gasteiger partial charge in [-0.1, -0.05) is 64.5 Å². The Balaban J connectivity index is 2.64. The van der Waals surface area contributed by atoms with Gasteiger partial charge in [-0.15, -0.1) is 0 Å². The lowest BCUT2D eigenvalue weighted by molar-refractivity contribution is 0.312. The highest BCUT2D eigenvalue weighted by Crippen LogP contribution is 2.24. The summed E-state index contributed by atoms with van der Waals surface area (Å²) in [5.74, 6) is 0.625. The van der Waals surface area contributed by atoms with Crippen LogP contribution in [0.4, 0.5) is 0 Å². The van der Waals surface area contributed by atoms with E-state index < -0.39 is 10.1 Å². The van der Waals surface area contributed by atoms with E-state index in [1.54, 1.807) is 0 Å². The zero-order valence-corrected chi connectivity index (χ0v) is 17.3. The van der Waals surface area contributed by atoms with E-state index in [1.807, 2.05) is 0 Å². The number of aryl methyl sites for hydroxylation is 2. The van der Waals surface area contributed by atoms with Crippen molar-refractivity contribution in [3.8, 4) is 5.75 Å². The topological polar surface area (TPSA) is 63.6 Å². The van der Waals surface area contributed by atoms with E-state index in [1.165, 1.54) is 56.1 Å². The number of benzene rings is 1. The first-order valence-corrected chi connectivity index (χ1v) is 11.8. The number of hydrogen-bond acceptors (Lipinski definition) is 3. The highest BCUT2D eigenvalue weighted by Gasteiger charge is 2.08. The Bertz CT molecular complexity index is 596. The van der Waals surface area contributed by atoms with Crippen LogP contribution in [0.15, 0.2) is 18.2 Å². The van der Waals surface area contributed by atoms with Gasteiger partial charge in [0.15, 0.2) is 0 Å². The van der Waals surface area contributed by atoms with Crippen molar-refractivity contribution in [2.24, 2.45) is 0 Å². The molecule has 0 aromatic heterocycles. The van der Waals surface area contributed by atoms with E-state index in [-0.39, 0.29) is 5.75 Å². The summed E-state index contributed by atoms with van der Waals surface area (Å²) >= 11 is 0. The first-order valence-electron chi connectivity index (χ1n) is 10.2. The molecular weight excluding hydrogens is 348 g/mol. The van der Waals surface area contributed by atoms with Crippen LogP contribution in [0.3, 0.4) is 0 Å². The van der Waals surface area contributed by atoms with Crippen molar-refractivity contribution in [2.45, 2.75) is 84.5 Å². The molecule has 0 aliphatic rings. The Morgan fingerprint density at radius 1 is 0.885 bits per heavy atom. The van der Waals surface area contributed by atoms with Crippen LogP contribution in [0, 0.1) is 0 Å². The molecule has 5 heteroatoms. The minimum atomic E-state index is -3.91. The number of hydrogen-bond donors (Lipinski definition) is 1. The first-order chi connectivity index (χ1) is 12.5. The average molecular weight is 385 g/mol. The second-order valence-corrected chi connectivity index (χ2v) is 8.62. The molecule has 0 atom stereocenters. The number of ether oxygens (including phenoxy) is 1. The SMILES string of the molecule is CCCCCCc1ccc(CCCCCC)c(OCCCS(=O)(=O)O)c1. The fraction of sp³-hybridized carbons (Fsp3) is 0.714. The van der Waals surface area contributed by atoms with Crippen LogP contribution in [0.2, 0.25) is 0 Å². The molecule has 0 radical (unpaired) electrons. The Labute approximate surface area is 160 Å². The lowest BCUT2D eigenvalue weighted by Crippen LogP contribution is -2.09. The zero-order chi connectivity index (χ0) is 19.3. The Hall–Kier alpha value is -1.07. The summed E-state index contributed by atoms with van der Waals surface area (Å²) in [5, 5.41) is 0. The van der Waals surface area contributed by atoms with Crippen molar-refractivity contribution in [1.82, 2.24) is 0 Å². The van der Waals surface area contributed by atoms with Crippen molar-refractivity contribution in [1.29, 1.82) is 0 Å². The van der Waals surface area contributed by atoms with E-state index in [0.29, 0.717) is 13.0 Å². The van der Waals surface area contributed by atoms with E-state index in [0.717, 1.165) is 25.0 Å². The van der Waals surface area contributed by atoms with Gasteiger partial charge in [-0.2, -0.15) is 8.42 Å². The normalized spacial score (nSPS) is 11.7. The van der Waals surface area contributed by atoms with Gasteiger partial charge in [0, 0.05) is 0 Å². The molecule has 1 aromatic rings. The largest absolute Gasteiger partial charge is 0.493 e. The molecule has 150 valence electrons. The van der Waals surface area contributed by atoms with Crippen molar-refractivity contribution >= 4 is 10.1 Å². The minimum absolute atomic E-state index is 0.254. The number of unbranched alkanes of at least 4 members (excludes halogenated alkanes) is 6. The maximum Gasteiger partial charge on any atom is 0.264 e. The van der Waals surface area contributed by atoms with Gasteiger partial charge in [0.1, 0.15) is 5.75 Å². The Morgan fingerprint density at radius 3 is 2.15 bits per heavy atom. The van der Waals surface area contributed by atoms with Crippen molar-refractivity contribution < 1.29 is 17.7 Å². The van der Waals surface area contributed by atoms with Gasteiger partial charge in [-0.3, -0.25) is 4.55 Å². The van der Waals surface area contributed by atoms with Crippen LogP contribution in [0.1, 0.15) is 82.8 Å². The maximum atomic E-state index is 10.8. The van der Waals surface area contributed by atoms with Gasteiger partial charge in [-0.25, -0.2) is 0 Å². The summed E-state index contributed by atoms with van der Waals surface area (Å²) in [6.07, 6.45) is 12.1. The summed E-state index contributed by atoms with van der Waals surface area (Å²) in [6, 6.07) is 6.49. The summed E-state index contributed by atoms with van der Waals surface area (Å²) in [7, 11) is -3.91. The third-order valence-corrected chi connectivity index (χ3v) is 5.36. The van der Waals surface area contributed by atoms with Gasteiger partial charge in [0.25, 0.3) is 10.1 Å². The smallest absolute Gasteiger partial charge is 0.264 e. The van der Waals surface area contributed by atoms with Gasteiger partial charge < -0.3 is 4.74 Å². The lowest BCUT2D eigenvalue weighted by atomic mass is 10.0. The van der Waals surface area contributed by atoms with Crippen molar-refractivity contribution in [3.05, 3.63) is 29.3 Å². The molecular formula is C21H36O4S. The molecule has 1 aromatic carbocycles. The molecule has 4 nitrogen and oxygen atoms in total. The second-order valence-electron chi connectivity index (χ2n) is 7.05. The van der Waals surface area contributed by atoms with Crippen LogP contribution in [-0.2, 0) is 23.0 Å². The van der Waals surface area contributed by atoms with Crippen LogP contribution in [-0.4, -0.2) is 25.3 Å². The Morgan fingerprint density at radius 2 is 1.54 bits per heavy atom.